The monoisotopic (exact) mass is 454 g/mol. The Labute approximate surface area is 184 Å². The fraction of sp³-hybridized carbons (Fsp3) is 0.524. The summed E-state index contributed by atoms with van der Waals surface area (Å²) < 4.78 is 32.6. The summed E-state index contributed by atoms with van der Waals surface area (Å²) in [5, 5.41) is 9.20. The molecule has 5 atom stereocenters. The molecule has 0 saturated carbocycles. The summed E-state index contributed by atoms with van der Waals surface area (Å²) in [7, 11) is 0. The lowest BCUT2D eigenvalue weighted by atomic mass is 9.98. The maximum Gasteiger partial charge on any atom is 0.303 e. The molecule has 1 aliphatic heterocycles. The van der Waals surface area contributed by atoms with Crippen molar-refractivity contribution in [3.8, 4) is 5.75 Å². The van der Waals surface area contributed by atoms with E-state index < -0.39 is 54.6 Å². The molecule has 0 unspecified atom stereocenters. The number of hydrogen-bond donors (Lipinski definition) is 1. The smallest absolute Gasteiger partial charge is 0.303 e. The van der Waals surface area contributed by atoms with Crippen molar-refractivity contribution in [2.45, 2.75) is 65.0 Å². The van der Waals surface area contributed by atoms with Crippen LogP contribution in [-0.2, 0) is 49.5 Å². The quantitative estimate of drug-likeness (QED) is 0.436. The number of aliphatic hydroxyl groups excluding tert-OH is 1. The van der Waals surface area contributed by atoms with Crippen LogP contribution in [0.2, 0.25) is 0 Å². The van der Waals surface area contributed by atoms with Crippen molar-refractivity contribution in [3.05, 3.63) is 29.8 Å². The number of aliphatic hydroxyl groups is 1. The standard InChI is InChI=1S/C21H26O11/c1-11(23)27-10-17-18(28-12(2)24)19(29-13(3)25)20(30-14(4)26)21(32-17)31-16-7-5-15(9-22)6-8-16/h5-8,17-22H,9-10H2,1-4H3/t17-,18-,19+,20-,21-/m1/s1. The Morgan fingerprint density at radius 3 is 1.84 bits per heavy atom. The molecular weight excluding hydrogens is 428 g/mol. The Morgan fingerprint density at radius 2 is 1.34 bits per heavy atom. The summed E-state index contributed by atoms with van der Waals surface area (Å²) in [6, 6.07) is 6.33. The third-order valence-electron chi connectivity index (χ3n) is 4.31. The van der Waals surface area contributed by atoms with Gasteiger partial charge in [0.2, 0.25) is 12.4 Å². The van der Waals surface area contributed by atoms with Crippen LogP contribution in [0.1, 0.15) is 33.3 Å². The van der Waals surface area contributed by atoms with Crippen LogP contribution in [0.25, 0.3) is 0 Å². The number of hydrogen-bond acceptors (Lipinski definition) is 11. The molecule has 11 nitrogen and oxygen atoms in total. The van der Waals surface area contributed by atoms with Crippen molar-refractivity contribution in [3.63, 3.8) is 0 Å². The van der Waals surface area contributed by atoms with E-state index in [4.69, 9.17) is 28.4 Å². The second-order valence-corrected chi connectivity index (χ2v) is 6.99. The summed E-state index contributed by atoms with van der Waals surface area (Å²) in [5.74, 6) is -2.49. The lowest BCUT2D eigenvalue weighted by Gasteiger charge is -2.43. The van der Waals surface area contributed by atoms with Gasteiger partial charge >= 0.3 is 23.9 Å². The average molecular weight is 454 g/mol. The van der Waals surface area contributed by atoms with Crippen LogP contribution in [-0.4, -0.2) is 66.3 Å². The summed E-state index contributed by atoms with van der Waals surface area (Å²) >= 11 is 0. The van der Waals surface area contributed by atoms with E-state index in [2.05, 4.69) is 0 Å². The van der Waals surface area contributed by atoms with Crippen LogP contribution in [0.5, 0.6) is 5.75 Å². The Hall–Kier alpha value is -3.18. The zero-order valence-electron chi connectivity index (χ0n) is 18.1. The second-order valence-electron chi connectivity index (χ2n) is 6.99. The maximum atomic E-state index is 11.8. The summed E-state index contributed by atoms with van der Waals surface area (Å²) in [6.45, 7) is 4.09. The van der Waals surface area contributed by atoms with Crippen LogP contribution in [0.4, 0.5) is 0 Å². The Balaban J connectivity index is 2.42. The molecule has 1 aromatic carbocycles. The first-order valence-electron chi connectivity index (χ1n) is 9.77. The minimum atomic E-state index is -1.31. The topological polar surface area (TPSA) is 144 Å². The van der Waals surface area contributed by atoms with E-state index in [0.29, 0.717) is 11.3 Å². The summed E-state index contributed by atoms with van der Waals surface area (Å²) in [5.41, 5.74) is 0.638. The van der Waals surface area contributed by atoms with Crippen molar-refractivity contribution in [2.24, 2.45) is 0 Å². The van der Waals surface area contributed by atoms with E-state index in [0.717, 1.165) is 20.8 Å². The summed E-state index contributed by atoms with van der Waals surface area (Å²) in [4.78, 5) is 46.6. The van der Waals surface area contributed by atoms with Gasteiger partial charge < -0.3 is 33.5 Å². The van der Waals surface area contributed by atoms with Gasteiger partial charge in [-0.1, -0.05) is 12.1 Å². The highest BCUT2D eigenvalue weighted by molar-refractivity contribution is 5.68. The van der Waals surface area contributed by atoms with Crippen molar-refractivity contribution >= 4 is 23.9 Å². The maximum absolute atomic E-state index is 11.8. The summed E-state index contributed by atoms with van der Waals surface area (Å²) in [6.07, 6.45) is -6.28. The molecule has 176 valence electrons. The predicted molar refractivity (Wildman–Crippen MR) is 105 cm³/mol. The molecule has 0 aliphatic carbocycles. The van der Waals surface area contributed by atoms with Crippen molar-refractivity contribution in [1.82, 2.24) is 0 Å². The van der Waals surface area contributed by atoms with Gasteiger partial charge in [-0.25, -0.2) is 0 Å². The van der Waals surface area contributed by atoms with Gasteiger partial charge in [-0.15, -0.1) is 0 Å². The molecule has 0 spiro atoms. The molecule has 1 aliphatic rings. The molecule has 1 heterocycles. The Kier molecular flexibility index (Phi) is 8.97. The number of esters is 4. The fourth-order valence-corrected chi connectivity index (χ4v) is 3.09. The van der Waals surface area contributed by atoms with Crippen LogP contribution in [0.15, 0.2) is 24.3 Å². The molecular formula is C21H26O11. The highest BCUT2D eigenvalue weighted by Gasteiger charge is 2.53. The normalized spacial score (nSPS) is 24.7. The van der Waals surface area contributed by atoms with E-state index in [1.54, 1.807) is 24.3 Å². The van der Waals surface area contributed by atoms with Gasteiger partial charge in [-0.05, 0) is 17.7 Å². The van der Waals surface area contributed by atoms with Gasteiger partial charge in [-0.3, -0.25) is 19.2 Å². The van der Waals surface area contributed by atoms with Crippen molar-refractivity contribution < 1.29 is 52.7 Å². The minimum absolute atomic E-state index is 0.167. The molecule has 11 heteroatoms. The van der Waals surface area contributed by atoms with E-state index in [-0.39, 0.29) is 13.2 Å². The highest BCUT2D eigenvalue weighted by Crippen LogP contribution is 2.31. The predicted octanol–water partition coefficient (Wildman–Crippen LogP) is 0.641. The number of ether oxygens (including phenoxy) is 6. The van der Waals surface area contributed by atoms with Crippen molar-refractivity contribution in [2.75, 3.05) is 6.61 Å². The molecule has 1 fully saturated rings. The number of rotatable bonds is 8. The Morgan fingerprint density at radius 1 is 0.812 bits per heavy atom. The zero-order chi connectivity index (χ0) is 23.8. The minimum Gasteiger partial charge on any atom is -0.463 e. The van der Waals surface area contributed by atoms with Crippen LogP contribution in [0.3, 0.4) is 0 Å². The SMILES string of the molecule is CC(=O)OC[C@H]1O[C@@H](Oc2ccc(CO)cc2)[C@H](OC(C)=O)[C@@H](OC(C)=O)[C@@H]1OC(C)=O. The highest BCUT2D eigenvalue weighted by atomic mass is 16.7. The zero-order valence-corrected chi connectivity index (χ0v) is 18.1. The first-order chi connectivity index (χ1) is 15.1. The lowest BCUT2D eigenvalue weighted by molar-refractivity contribution is -0.288. The fourth-order valence-electron chi connectivity index (χ4n) is 3.09. The number of carbonyl (C=O) groups excluding carboxylic acids is 4. The molecule has 2 rings (SSSR count). The van der Waals surface area contributed by atoms with E-state index in [9.17, 15) is 24.3 Å². The first kappa shape index (κ1) is 25.1. The van der Waals surface area contributed by atoms with E-state index in [1.165, 1.54) is 6.92 Å². The van der Waals surface area contributed by atoms with Gasteiger partial charge in [-0.2, -0.15) is 0 Å². The Bertz CT molecular complexity index is 820. The first-order valence-corrected chi connectivity index (χ1v) is 9.77. The van der Waals surface area contributed by atoms with Gasteiger partial charge in [0, 0.05) is 27.7 Å². The number of benzene rings is 1. The lowest BCUT2D eigenvalue weighted by Crippen LogP contribution is -2.63. The van der Waals surface area contributed by atoms with Crippen LogP contribution < -0.4 is 4.74 Å². The van der Waals surface area contributed by atoms with Crippen molar-refractivity contribution in [1.29, 1.82) is 0 Å². The molecule has 0 radical (unpaired) electrons. The average Bonchev–Trinajstić information content (AvgIpc) is 2.70. The molecule has 1 saturated heterocycles. The number of carbonyl (C=O) groups is 4. The van der Waals surface area contributed by atoms with Crippen LogP contribution in [0, 0.1) is 0 Å². The van der Waals surface area contributed by atoms with E-state index >= 15 is 0 Å². The van der Waals surface area contributed by atoms with E-state index in [1.807, 2.05) is 0 Å². The van der Waals surface area contributed by atoms with Gasteiger partial charge in [0.1, 0.15) is 18.5 Å². The molecule has 0 aromatic heterocycles. The molecule has 1 N–H and O–H groups in total. The largest absolute Gasteiger partial charge is 0.463 e. The second kappa shape index (κ2) is 11.4. The van der Waals surface area contributed by atoms with Crippen LogP contribution >= 0.6 is 0 Å². The third kappa shape index (κ3) is 7.20. The molecule has 0 amide bonds. The van der Waals surface area contributed by atoms with Gasteiger partial charge in [0.15, 0.2) is 12.2 Å². The van der Waals surface area contributed by atoms with Gasteiger partial charge in [0.05, 0.1) is 6.61 Å². The molecule has 0 bridgehead atoms. The third-order valence-corrected chi connectivity index (χ3v) is 4.31. The molecule has 1 aromatic rings. The molecule has 32 heavy (non-hydrogen) atoms. The van der Waals surface area contributed by atoms with Gasteiger partial charge in [0.25, 0.3) is 0 Å².